The van der Waals surface area contributed by atoms with Gasteiger partial charge in [0.15, 0.2) is 0 Å². The van der Waals surface area contributed by atoms with Crippen molar-refractivity contribution in [2.24, 2.45) is 0 Å². The quantitative estimate of drug-likeness (QED) is 0.521. The van der Waals surface area contributed by atoms with E-state index in [0.29, 0.717) is 37.4 Å². The monoisotopic (exact) mass is 479 g/mol. The van der Waals surface area contributed by atoms with Gasteiger partial charge in [0, 0.05) is 43.8 Å². The summed E-state index contributed by atoms with van der Waals surface area (Å²) in [5.41, 5.74) is -0.0717. The Bertz CT molecular complexity index is 1030. The molecule has 0 amide bonds. The molecule has 4 rings (SSSR count). The maximum Gasteiger partial charge on any atom is 0.341 e. The lowest BCUT2D eigenvalue weighted by Crippen LogP contribution is -2.44. The molecule has 0 atom stereocenters. The summed E-state index contributed by atoms with van der Waals surface area (Å²) >= 11 is 18.6. The first kappa shape index (κ1) is 21.1. The first-order chi connectivity index (χ1) is 13.6. The second kappa shape index (κ2) is 7.81. The third-order valence-electron chi connectivity index (χ3n) is 5.08. The molecule has 156 valence electrons. The number of pyridine rings is 1. The maximum atomic E-state index is 14.9. The number of fused-ring (bicyclic) bond motifs is 1. The fourth-order valence-corrected chi connectivity index (χ4v) is 5.09. The molecule has 1 aromatic heterocycles. The highest BCUT2D eigenvalue weighted by atomic mass is 35.6. The van der Waals surface area contributed by atoms with Crippen molar-refractivity contribution in [1.82, 2.24) is 8.87 Å². The Morgan fingerprint density at radius 1 is 1.17 bits per heavy atom. The second-order valence-electron chi connectivity index (χ2n) is 7.09. The molecular formula is C18H17Cl3FN3O3S. The summed E-state index contributed by atoms with van der Waals surface area (Å²) in [6.45, 7) is 2.20. The number of carboxylic acids is 1. The highest BCUT2D eigenvalue weighted by Crippen LogP contribution is 2.42. The van der Waals surface area contributed by atoms with Crippen molar-refractivity contribution in [3.63, 3.8) is 0 Å². The Morgan fingerprint density at radius 3 is 2.38 bits per heavy atom. The van der Waals surface area contributed by atoms with Gasteiger partial charge in [-0.1, -0.05) is 34.8 Å². The number of aromatic carboxylic acids is 1. The van der Waals surface area contributed by atoms with Gasteiger partial charge >= 0.3 is 5.97 Å². The molecule has 1 N–H and O–H groups in total. The zero-order valence-electron chi connectivity index (χ0n) is 15.1. The molecule has 1 saturated carbocycles. The van der Waals surface area contributed by atoms with Crippen molar-refractivity contribution in [1.29, 1.82) is 0 Å². The lowest BCUT2D eigenvalue weighted by molar-refractivity contribution is 0.0695. The topological polar surface area (TPSA) is 65.8 Å². The number of piperazine rings is 1. The van der Waals surface area contributed by atoms with Gasteiger partial charge in [-0.25, -0.2) is 13.5 Å². The van der Waals surface area contributed by atoms with E-state index in [2.05, 4.69) is 0 Å². The summed E-state index contributed by atoms with van der Waals surface area (Å²) in [4.78, 5) is 25.9. The molecule has 2 fully saturated rings. The smallest absolute Gasteiger partial charge is 0.341 e. The van der Waals surface area contributed by atoms with Crippen LogP contribution in [0.3, 0.4) is 0 Å². The van der Waals surface area contributed by atoms with Crippen LogP contribution in [0, 0.1) is 5.82 Å². The first-order valence-corrected chi connectivity index (χ1v) is 10.9. The van der Waals surface area contributed by atoms with Crippen LogP contribution >= 0.6 is 46.8 Å². The predicted molar refractivity (Wildman–Crippen MR) is 115 cm³/mol. The number of anilines is 1. The number of aromatic nitrogens is 1. The number of benzene rings is 1. The Labute approximate surface area is 185 Å². The summed E-state index contributed by atoms with van der Waals surface area (Å²) in [5, 5.41) is 9.42. The van der Waals surface area contributed by atoms with Gasteiger partial charge in [0.25, 0.3) is 3.12 Å². The molecule has 1 aliphatic carbocycles. The fraction of sp³-hybridized carbons (Fsp3) is 0.444. The Kier molecular flexibility index (Phi) is 5.67. The molecule has 2 aliphatic rings. The predicted octanol–water partition coefficient (Wildman–Crippen LogP) is 4.27. The van der Waals surface area contributed by atoms with E-state index in [1.165, 1.54) is 6.20 Å². The molecule has 0 bridgehead atoms. The van der Waals surface area contributed by atoms with Crippen molar-refractivity contribution >= 4 is 69.3 Å². The zero-order valence-corrected chi connectivity index (χ0v) is 18.2. The molecule has 29 heavy (non-hydrogen) atoms. The van der Waals surface area contributed by atoms with Crippen LogP contribution in [0.2, 0.25) is 0 Å². The van der Waals surface area contributed by atoms with Gasteiger partial charge in [-0.3, -0.25) is 4.79 Å². The Hall–Kier alpha value is -1.19. The largest absolute Gasteiger partial charge is 0.477 e. The minimum Gasteiger partial charge on any atom is -0.477 e. The van der Waals surface area contributed by atoms with Gasteiger partial charge in [-0.15, -0.1) is 0 Å². The van der Waals surface area contributed by atoms with Gasteiger partial charge in [0.2, 0.25) is 5.43 Å². The van der Waals surface area contributed by atoms with Gasteiger partial charge < -0.3 is 14.6 Å². The number of alkyl halides is 3. The normalized spacial score (nSPS) is 18.4. The van der Waals surface area contributed by atoms with Crippen molar-refractivity contribution in [3.8, 4) is 0 Å². The number of carbonyl (C=O) groups is 1. The number of nitrogens with zero attached hydrogens (tertiary/aromatic N) is 3. The SMILES string of the molecule is O=C(O)c1cn(C2CC2)c2cc(N3CCN(SC(Cl)(Cl)Cl)CC3)c(F)cc2c1=O. The number of hydrogen-bond donors (Lipinski definition) is 1. The molecule has 0 radical (unpaired) electrons. The van der Waals surface area contributed by atoms with Crippen molar-refractivity contribution in [3.05, 3.63) is 39.9 Å². The average Bonchev–Trinajstić information content (AvgIpc) is 3.46. The van der Waals surface area contributed by atoms with Crippen LogP contribution < -0.4 is 10.3 Å². The van der Waals surface area contributed by atoms with Crippen LogP contribution in [-0.2, 0) is 0 Å². The molecule has 2 heterocycles. The molecule has 0 unspecified atom stereocenters. The van der Waals surface area contributed by atoms with Crippen LogP contribution in [0.25, 0.3) is 10.9 Å². The van der Waals surface area contributed by atoms with Crippen LogP contribution in [0.5, 0.6) is 0 Å². The highest BCUT2D eigenvalue weighted by Gasteiger charge is 2.30. The van der Waals surface area contributed by atoms with Crippen LogP contribution in [0.4, 0.5) is 10.1 Å². The fourth-order valence-electron chi connectivity index (χ4n) is 3.57. The third-order valence-corrected chi connectivity index (χ3v) is 6.53. The third kappa shape index (κ3) is 4.46. The average molecular weight is 481 g/mol. The highest BCUT2D eigenvalue weighted by molar-refractivity contribution is 8.02. The molecule has 11 heteroatoms. The zero-order chi connectivity index (χ0) is 20.9. The van der Waals surface area contributed by atoms with Crippen LogP contribution in [0.1, 0.15) is 29.2 Å². The maximum absolute atomic E-state index is 14.9. The van der Waals surface area contributed by atoms with Crippen LogP contribution in [-0.4, -0.2) is 49.3 Å². The van der Waals surface area contributed by atoms with E-state index < -0.39 is 20.3 Å². The van der Waals surface area contributed by atoms with E-state index >= 15 is 0 Å². The molecule has 1 aliphatic heterocycles. The van der Waals surface area contributed by atoms with E-state index in [1.54, 1.807) is 10.6 Å². The standard InChI is InChI=1S/C18H17Cl3FN3O3S/c19-18(20,21)29-24-5-3-23(4-6-24)15-8-14-11(7-13(15)22)16(26)12(17(27)28)9-25(14)10-1-2-10/h7-10H,1-6H2,(H,27,28). The van der Waals surface area contributed by atoms with E-state index in [-0.39, 0.29) is 17.0 Å². The van der Waals surface area contributed by atoms with E-state index in [4.69, 9.17) is 34.8 Å². The summed E-state index contributed by atoms with van der Waals surface area (Å²) in [6.07, 6.45) is 3.18. The summed E-state index contributed by atoms with van der Waals surface area (Å²) in [5.74, 6) is -1.86. The molecule has 1 aromatic carbocycles. The van der Waals surface area contributed by atoms with E-state index in [1.807, 2.05) is 9.21 Å². The van der Waals surface area contributed by atoms with E-state index in [0.717, 1.165) is 30.9 Å². The first-order valence-electron chi connectivity index (χ1n) is 9.01. The van der Waals surface area contributed by atoms with Gasteiger partial charge in [0.1, 0.15) is 11.4 Å². The van der Waals surface area contributed by atoms with E-state index in [9.17, 15) is 19.1 Å². The minimum atomic E-state index is -1.45. The summed E-state index contributed by atoms with van der Waals surface area (Å²) in [6, 6.07) is 2.93. The Balaban J connectivity index is 1.69. The molecular weight excluding hydrogens is 464 g/mol. The lowest BCUT2D eigenvalue weighted by atomic mass is 10.1. The second-order valence-corrected chi connectivity index (χ2v) is 11.4. The number of hydrogen-bond acceptors (Lipinski definition) is 5. The molecule has 2 aromatic rings. The Morgan fingerprint density at radius 2 is 1.83 bits per heavy atom. The molecule has 0 spiro atoms. The summed E-state index contributed by atoms with van der Waals surface area (Å²) < 4.78 is 17.2. The van der Waals surface area contributed by atoms with Gasteiger partial charge in [-0.2, -0.15) is 0 Å². The van der Waals surface area contributed by atoms with Gasteiger partial charge in [0.05, 0.1) is 11.2 Å². The van der Waals surface area contributed by atoms with Gasteiger partial charge in [-0.05, 0) is 36.9 Å². The minimum absolute atomic E-state index is 0.0865. The van der Waals surface area contributed by atoms with Crippen molar-refractivity contribution < 1.29 is 14.3 Å². The van der Waals surface area contributed by atoms with Crippen molar-refractivity contribution in [2.75, 3.05) is 31.1 Å². The number of rotatable bonds is 4. The summed E-state index contributed by atoms with van der Waals surface area (Å²) in [7, 11) is 0. The van der Waals surface area contributed by atoms with Crippen molar-refractivity contribution in [2.45, 2.75) is 22.0 Å². The molecule has 1 saturated heterocycles. The lowest BCUT2D eigenvalue weighted by Gasteiger charge is -2.36. The number of halogens is 4. The number of carboxylic acid groups (broad SMARTS) is 1. The molecule has 6 nitrogen and oxygen atoms in total. The van der Waals surface area contributed by atoms with Crippen LogP contribution in [0.15, 0.2) is 23.1 Å².